The van der Waals surface area contributed by atoms with Gasteiger partial charge in [0.15, 0.2) is 5.69 Å². The van der Waals surface area contributed by atoms with Crippen molar-refractivity contribution in [2.75, 3.05) is 17.2 Å². The summed E-state index contributed by atoms with van der Waals surface area (Å²) in [6, 6.07) is 20.7. The summed E-state index contributed by atoms with van der Waals surface area (Å²) in [5, 5.41) is 12.7. The highest BCUT2D eigenvalue weighted by Crippen LogP contribution is 2.32. The molecule has 1 fully saturated rings. The quantitative estimate of drug-likeness (QED) is 0.131. The predicted molar refractivity (Wildman–Crippen MR) is 176 cm³/mol. The summed E-state index contributed by atoms with van der Waals surface area (Å²) in [6.07, 6.45) is -4.14. The first kappa shape index (κ1) is 35.0. The van der Waals surface area contributed by atoms with Gasteiger partial charge in [-0.3, -0.25) is 10.1 Å². The van der Waals surface area contributed by atoms with Gasteiger partial charge in [0.2, 0.25) is 0 Å². The fourth-order valence-corrected chi connectivity index (χ4v) is 5.02. The molecule has 1 unspecified atom stereocenters. The summed E-state index contributed by atoms with van der Waals surface area (Å²) in [5.41, 5.74) is 5.97. The first-order chi connectivity index (χ1) is 23.1. The number of amides is 3. The Hall–Kier alpha value is -5.37. The Morgan fingerprint density at radius 3 is 2.29 bits per heavy atom. The molecule has 1 aliphatic rings. The van der Waals surface area contributed by atoms with Gasteiger partial charge in [-0.2, -0.15) is 18.3 Å². The molecule has 14 heteroatoms. The summed E-state index contributed by atoms with van der Waals surface area (Å²) in [5.74, 6) is -0.263. The van der Waals surface area contributed by atoms with E-state index in [9.17, 15) is 27.6 Å². The maximum atomic E-state index is 13.8. The molecule has 1 aliphatic carbocycles. The van der Waals surface area contributed by atoms with Crippen molar-refractivity contribution in [3.63, 3.8) is 0 Å². The van der Waals surface area contributed by atoms with Crippen molar-refractivity contribution in [1.29, 1.82) is 0 Å². The zero-order valence-electron chi connectivity index (χ0n) is 27.1. The summed E-state index contributed by atoms with van der Waals surface area (Å²) in [7, 11) is 0. The Kier molecular flexibility index (Phi) is 10.3. The van der Waals surface area contributed by atoms with Crippen LogP contribution in [0.25, 0.3) is 5.69 Å². The third kappa shape index (κ3) is 9.83. The van der Waals surface area contributed by atoms with Crippen LogP contribution < -0.4 is 21.7 Å². The standard InChI is InChI=1S/C35H37F3N6O5/c1-34(2,3)49-33(47)42-25-14-12-23(13-15-25)30(40-19-21-10-11-21)24-7-5-8-26(17-24)41-31(45)28-18-29(35(36,37)38)43-44(28)27-9-4-6-22(16-27)20-48-32(39)46/h4-9,12-18,21,30,40H,10-11,19-20H2,1-3H3,(H2,39,46)(H,41,45)(H,42,47). The van der Waals surface area contributed by atoms with Crippen molar-refractivity contribution in [2.45, 2.75) is 58.0 Å². The van der Waals surface area contributed by atoms with Gasteiger partial charge in [0.1, 0.15) is 17.9 Å². The Morgan fingerprint density at radius 1 is 0.918 bits per heavy atom. The minimum atomic E-state index is -4.81. The fraction of sp³-hybridized carbons (Fsp3) is 0.314. The maximum absolute atomic E-state index is 13.8. The van der Waals surface area contributed by atoms with Crippen LogP contribution in [-0.4, -0.2) is 40.0 Å². The molecule has 5 rings (SSSR count). The average molecular weight is 679 g/mol. The highest BCUT2D eigenvalue weighted by atomic mass is 19.4. The molecule has 258 valence electrons. The lowest BCUT2D eigenvalue weighted by molar-refractivity contribution is -0.141. The summed E-state index contributed by atoms with van der Waals surface area (Å²) in [6.45, 7) is 5.88. The number of aromatic nitrogens is 2. The van der Waals surface area contributed by atoms with Crippen LogP contribution in [0.1, 0.15) is 72.5 Å². The summed E-state index contributed by atoms with van der Waals surface area (Å²) < 4.78 is 52.3. The topological polar surface area (TPSA) is 150 Å². The second-order valence-electron chi connectivity index (χ2n) is 12.7. The van der Waals surface area contributed by atoms with E-state index in [0.29, 0.717) is 28.9 Å². The number of benzene rings is 3. The van der Waals surface area contributed by atoms with E-state index in [1.54, 1.807) is 57.2 Å². The van der Waals surface area contributed by atoms with Crippen LogP contribution in [0.3, 0.4) is 0 Å². The average Bonchev–Trinajstić information content (AvgIpc) is 3.73. The lowest BCUT2D eigenvalue weighted by Gasteiger charge is -2.22. The number of carbonyl (C=O) groups is 3. The van der Waals surface area contributed by atoms with Gasteiger partial charge >= 0.3 is 18.4 Å². The van der Waals surface area contributed by atoms with E-state index < -0.39 is 35.6 Å². The van der Waals surface area contributed by atoms with E-state index in [4.69, 9.17) is 15.2 Å². The van der Waals surface area contributed by atoms with Crippen molar-refractivity contribution >= 4 is 29.5 Å². The maximum Gasteiger partial charge on any atom is 0.435 e. The number of hydrogen-bond acceptors (Lipinski definition) is 7. The van der Waals surface area contributed by atoms with Gasteiger partial charge in [0.05, 0.1) is 11.7 Å². The second-order valence-corrected chi connectivity index (χ2v) is 12.7. The molecule has 5 N–H and O–H groups in total. The minimum Gasteiger partial charge on any atom is -0.445 e. The monoisotopic (exact) mass is 678 g/mol. The van der Waals surface area contributed by atoms with Crippen molar-refractivity contribution in [3.05, 3.63) is 107 Å². The van der Waals surface area contributed by atoms with Crippen LogP contribution in [-0.2, 0) is 22.3 Å². The van der Waals surface area contributed by atoms with Gasteiger partial charge in [-0.25, -0.2) is 14.3 Å². The molecule has 1 heterocycles. The highest BCUT2D eigenvalue weighted by Gasteiger charge is 2.36. The number of nitrogens with two attached hydrogens (primary N) is 1. The van der Waals surface area contributed by atoms with Gasteiger partial charge in [0, 0.05) is 17.4 Å². The molecule has 11 nitrogen and oxygen atoms in total. The zero-order valence-corrected chi connectivity index (χ0v) is 27.1. The first-order valence-corrected chi connectivity index (χ1v) is 15.6. The lowest BCUT2D eigenvalue weighted by atomic mass is 9.97. The van der Waals surface area contributed by atoms with Crippen LogP contribution >= 0.6 is 0 Å². The fourth-order valence-electron chi connectivity index (χ4n) is 5.02. The molecule has 0 spiro atoms. The molecular weight excluding hydrogens is 641 g/mol. The minimum absolute atomic E-state index is 0.147. The van der Waals surface area contributed by atoms with Crippen LogP contribution in [0.15, 0.2) is 78.9 Å². The second kappa shape index (κ2) is 14.4. The van der Waals surface area contributed by atoms with Crippen molar-refractivity contribution < 1.29 is 37.0 Å². The molecule has 0 saturated heterocycles. The summed E-state index contributed by atoms with van der Waals surface area (Å²) in [4.78, 5) is 36.8. The van der Waals surface area contributed by atoms with Crippen LogP contribution in [0, 0.1) is 5.92 Å². The van der Waals surface area contributed by atoms with Gasteiger partial charge in [0.25, 0.3) is 5.91 Å². The number of carbonyl (C=O) groups excluding carboxylic acids is 3. The number of alkyl halides is 3. The van der Waals surface area contributed by atoms with Crippen LogP contribution in [0.2, 0.25) is 0 Å². The molecule has 49 heavy (non-hydrogen) atoms. The first-order valence-electron chi connectivity index (χ1n) is 15.6. The number of ether oxygens (including phenoxy) is 2. The van der Waals surface area contributed by atoms with E-state index in [0.717, 1.165) is 35.2 Å². The lowest BCUT2D eigenvalue weighted by Crippen LogP contribution is -2.27. The number of nitrogens with one attached hydrogen (secondary N) is 3. The highest BCUT2D eigenvalue weighted by molar-refractivity contribution is 6.03. The smallest absolute Gasteiger partial charge is 0.435 e. The van der Waals surface area contributed by atoms with Gasteiger partial charge < -0.3 is 25.8 Å². The Balaban J connectivity index is 1.39. The predicted octanol–water partition coefficient (Wildman–Crippen LogP) is 7.17. The molecule has 3 aromatic carbocycles. The molecule has 0 radical (unpaired) electrons. The Labute approximate surface area is 281 Å². The molecule has 4 aromatic rings. The molecule has 0 bridgehead atoms. The van der Waals surface area contributed by atoms with Gasteiger partial charge in [-0.05, 0) is 99.2 Å². The van der Waals surface area contributed by atoms with Crippen LogP contribution in [0.5, 0.6) is 0 Å². The normalized spacial score (nSPS) is 13.8. The van der Waals surface area contributed by atoms with E-state index in [1.165, 1.54) is 18.2 Å². The molecule has 3 amide bonds. The molecule has 1 aromatic heterocycles. The third-order valence-electron chi connectivity index (χ3n) is 7.44. The van der Waals surface area contributed by atoms with Gasteiger partial charge in [-0.15, -0.1) is 0 Å². The van der Waals surface area contributed by atoms with E-state index in [-0.39, 0.29) is 24.0 Å². The Bertz CT molecular complexity index is 1810. The molecule has 1 saturated carbocycles. The number of halogens is 3. The van der Waals surface area contributed by atoms with E-state index in [2.05, 4.69) is 21.0 Å². The number of rotatable bonds is 11. The van der Waals surface area contributed by atoms with E-state index in [1.807, 2.05) is 18.2 Å². The molecule has 1 atom stereocenters. The SMILES string of the molecule is CC(C)(C)OC(=O)Nc1ccc(C(NCC2CC2)c2cccc(NC(=O)c3cc(C(F)(F)F)nn3-c3cccc(COC(N)=O)c3)c2)cc1. The number of nitrogens with zero attached hydrogens (tertiary/aromatic N) is 2. The summed E-state index contributed by atoms with van der Waals surface area (Å²) >= 11 is 0. The van der Waals surface area contributed by atoms with E-state index >= 15 is 0 Å². The molecular formula is C35H37F3N6O5. The largest absolute Gasteiger partial charge is 0.445 e. The number of hydrogen-bond donors (Lipinski definition) is 4. The van der Waals surface area contributed by atoms with Crippen molar-refractivity contribution in [2.24, 2.45) is 11.7 Å². The third-order valence-corrected chi connectivity index (χ3v) is 7.44. The number of primary amides is 1. The molecule has 0 aliphatic heterocycles. The van der Waals surface area contributed by atoms with Crippen LogP contribution in [0.4, 0.5) is 34.1 Å². The zero-order chi connectivity index (χ0) is 35.3. The van der Waals surface area contributed by atoms with Crippen molar-refractivity contribution in [3.8, 4) is 5.69 Å². The Morgan fingerprint density at radius 2 is 1.63 bits per heavy atom. The van der Waals surface area contributed by atoms with Crippen molar-refractivity contribution in [1.82, 2.24) is 15.1 Å². The van der Waals surface area contributed by atoms with Gasteiger partial charge in [-0.1, -0.05) is 36.4 Å². The number of anilines is 2.